The molecule has 0 fully saturated rings. The minimum atomic E-state index is -4.49. The number of anilines is 3. The lowest BCUT2D eigenvalue weighted by molar-refractivity contribution is -0.137. The average Bonchev–Trinajstić information content (AvgIpc) is 3.08. The summed E-state index contributed by atoms with van der Waals surface area (Å²) in [6.45, 7) is 0.552. The van der Waals surface area contributed by atoms with E-state index in [0.29, 0.717) is 41.4 Å². The third-order valence-electron chi connectivity index (χ3n) is 5.53. The number of fused-ring (bicyclic) bond motifs is 1. The number of aliphatic hydroxyl groups excluding tert-OH is 1. The number of carbonyl (C=O) groups is 1. The second kappa shape index (κ2) is 11.1. The van der Waals surface area contributed by atoms with Crippen LogP contribution in [0.4, 0.5) is 30.5 Å². The molecule has 2 aromatic carbocycles. The molecular formula is C25H23ClF3N5O3. The molecule has 8 nitrogen and oxygen atoms in total. The van der Waals surface area contributed by atoms with E-state index in [-0.39, 0.29) is 35.6 Å². The number of aromatic nitrogens is 2. The van der Waals surface area contributed by atoms with Crippen LogP contribution in [0.15, 0.2) is 54.4 Å². The molecule has 194 valence electrons. The summed E-state index contributed by atoms with van der Waals surface area (Å²) in [5.74, 6) is 0.919. The predicted molar refractivity (Wildman–Crippen MR) is 134 cm³/mol. The molecule has 0 unspecified atom stereocenters. The number of halogens is 4. The van der Waals surface area contributed by atoms with Gasteiger partial charge in [0.2, 0.25) is 5.91 Å². The fourth-order valence-corrected chi connectivity index (χ4v) is 3.88. The van der Waals surface area contributed by atoms with Crippen molar-refractivity contribution >= 4 is 40.9 Å². The number of amides is 1. The highest BCUT2D eigenvalue weighted by Gasteiger charge is 2.30. The number of hydrogen-bond acceptors (Lipinski definition) is 7. The Bertz CT molecular complexity index is 1330. The third-order valence-corrected chi connectivity index (χ3v) is 5.83. The molecule has 12 heteroatoms. The van der Waals surface area contributed by atoms with Crippen molar-refractivity contribution in [3.63, 3.8) is 0 Å². The van der Waals surface area contributed by atoms with Crippen LogP contribution in [-0.2, 0) is 11.0 Å². The summed E-state index contributed by atoms with van der Waals surface area (Å²) in [6, 6.07) is 9.23. The summed E-state index contributed by atoms with van der Waals surface area (Å²) < 4.78 is 44.6. The topological polar surface area (TPSA) is 99.6 Å². The van der Waals surface area contributed by atoms with Crippen molar-refractivity contribution in [1.82, 2.24) is 14.9 Å². The molecule has 3 aromatic rings. The second-order valence-corrected chi connectivity index (χ2v) is 8.59. The summed E-state index contributed by atoms with van der Waals surface area (Å²) >= 11 is 6.36. The Balaban J connectivity index is 1.57. The summed E-state index contributed by atoms with van der Waals surface area (Å²) in [6.07, 6.45) is -0.952. The van der Waals surface area contributed by atoms with Gasteiger partial charge in [-0.3, -0.25) is 4.79 Å². The molecule has 1 amide bonds. The largest absolute Gasteiger partial charge is 0.456 e. The van der Waals surface area contributed by atoms with Crippen molar-refractivity contribution in [2.45, 2.75) is 12.6 Å². The molecule has 0 bridgehead atoms. The van der Waals surface area contributed by atoms with E-state index in [1.54, 1.807) is 25.3 Å². The van der Waals surface area contributed by atoms with Crippen LogP contribution in [0, 0.1) is 0 Å². The van der Waals surface area contributed by atoms with Crippen LogP contribution in [-0.4, -0.2) is 52.6 Å². The number of aliphatic hydroxyl groups is 1. The maximum atomic E-state index is 13.0. The van der Waals surface area contributed by atoms with Crippen LogP contribution in [0.1, 0.15) is 17.5 Å². The van der Waals surface area contributed by atoms with Crippen molar-refractivity contribution in [2.24, 2.45) is 0 Å². The summed E-state index contributed by atoms with van der Waals surface area (Å²) in [4.78, 5) is 22.8. The van der Waals surface area contributed by atoms with E-state index in [1.165, 1.54) is 29.4 Å². The first-order chi connectivity index (χ1) is 17.7. The molecule has 2 heterocycles. The zero-order chi connectivity index (χ0) is 26.6. The van der Waals surface area contributed by atoms with E-state index in [2.05, 4.69) is 20.6 Å². The molecule has 1 aromatic heterocycles. The van der Waals surface area contributed by atoms with Crippen LogP contribution in [0.5, 0.6) is 11.5 Å². The van der Waals surface area contributed by atoms with Crippen LogP contribution in [0.3, 0.4) is 0 Å². The Morgan fingerprint density at radius 3 is 2.78 bits per heavy atom. The highest BCUT2D eigenvalue weighted by molar-refractivity contribution is 6.32. The molecule has 0 spiro atoms. The van der Waals surface area contributed by atoms with Gasteiger partial charge in [0.15, 0.2) is 0 Å². The number of carbonyl (C=O) groups excluding carboxylic acids is 1. The predicted octanol–water partition coefficient (Wildman–Crippen LogP) is 5.33. The number of hydrogen-bond donors (Lipinski definition) is 3. The van der Waals surface area contributed by atoms with Gasteiger partial charge in [0, 0.05) is 31.4 Å². The summed E-state index contributed by atoms with van der Waals surface area (Å²) in [7, 11) is 1.62. The first kappa shape index (κ1) is 26.2. The van der Waals surface area contributed by atoms with Gasteiger partial charge in [-0.1, -0.05) is 17.7 Å². The smallest absolute Gasteiger partial charge is 0.416 e. The molecule has 0 saturated heterocycles. The van der Waals surface area contributed by atoms with Crippen molar-refractivity contribution in [3.05, 3.63) is 70.5 Å². The number of rotatable bonds is 7. The number of nitrogens with one attached hydrogen (secondary N) is 2. The monoisotopic (exact) mass is 533 g/mol. The van der Waals surface area contributed by atoms with Gasteiger partial charge in [-0.05, 0) is 48.9 Å². The molecule has 1 aliphatic heterocycles. The lowest BCUT2D eigenvalue weighted by Crippen LogP contribution is -2.31. The van der Waals surface area contributed by atoms with E-state index in [9.17, 15) is 18.0 Å². The van der Waals surface area contributed by atoms with Gasteiger partial charge in [0.25, 0.3) is 0 Å². The minimum Gasteiger partial charge on any atom is -0.456 e. The molecule has 4 rings (SSSR count). The number of likely N-dealkylation sites (N-methyl/N-ethyl adjacent to an activating group) is 1. The van der Waals surface area contributed by atoms with Gasteiger partial charge in [0.05, 0.1) is 22.8 Å². The summed E-state index contributed by atoms with van der Waals surface area (Å²) in [5.41, 5.74) is 0.806. The highest BCUT2D eigenvalue weighted by Crippen LogP contribution is 2.36. The van der Waals surface area contributed by atoms with Crippen molar-refractivity contribution < 1.29 is 27.8 Å². The highest BCUT2D eigenvalue weighted by atomic mass is 35.5. The first-order valence-corrected chi connectivity index (χ1v) is 11.6. The van der Waals surface area contributed by atoms with Crippen LogP contribution in [0.25, 0.3) is 6.08 Å². The van der Waals surface area contributed by atoms with Crippen LogP contribution < -0.4 is 15.4 Å². The Labute approximate surface area is 215 Å². The van der Waals surface area contributed by atoms with E-state index in [0.717, 1.165) is 12.1 Å². The molecule has 3 N–H and O–H groups in total. The standard InChI is InChI=1S/C25H23ClF3N5O3/c1-34(9-10-35)24(36)15-7-8-30-22-19(11-15)23(32-14-31-22)33-17-5-6-21(20(26)13-17)37-18-4-2-3-16(12-18)25(27,28)29/h2-6,11-14,35H,7-10H2,1H3,(H2,30,31,32,33). The maximum absolute atomic E-state index is 13.0. The Hall–Kier alpha value is -3.83. The van der Waals surface area contributed by atoms with Gasteiger partial charge < -0.3 is 25.4 Å². The fraction of sp³-hybridized carbons (Fsp3) is 0.240. The quantitative estimate of drug-likeness (QED) is 0.377. The second-order valence-electron chi connectivity index (χ2n) is 8.18. The Morgan fingerprint density at radius 2 is 2.05 bits per heavy atom. The minimum absolute atomic E-state index is 0.00173. The zero-order valence-corrected chi connectivity index (χ0v) is 20.4. The number of nitrogens with zero attached hydrogens (tertiary/aromatic N) is 3. The van der Waals surface area contributed by atoms with Gasteiger partial charge in [0.1, 0.15) is 29.5 Å². The molecule has 0 saturated carbocycles. The van der Waals surface area contributed by atoms with Crippen LogP contribution in [0.2, 0.25) is 5.02 Å². The van der Waals surface area contributed by atoms with Gasteiger partial charge >= 0.3 is 6.18 Å². The average molecular weight is 534 g/mol. The third kappa shape index (κ3) is 6.30. The van der Waals surface area contributed by atoms with E-state index < -0.39 is 11.7 Å². The van der Waals surface area contributed by atoms with E-state index >= 15 is 0 Å². The van der Waals surface area contributed by atoms with E-state index in [1.807, 2.05) is 0 Å². The Morgan fingerprint density at radius 1 is 1.24 bits per heavy atom. The molecule has 1 aliphatic rings. The molecular weight excluding hydrogens is 511 g/mol. The maximum Gasteiger partial charge on any atom is 0.416 e. The number of alkyl halides is 3. The summed E-state index contributed by atoms with van der Waals surface area (Å²) in [5, 5.41) is 15.6. The first-order valence-electron chi connectivity index (χ1n) is 11.2. The number of ether oxygens (including phenoxy) is 1. The number of benzene rings is 2. The molecule has 0 aliphatic carbocycles. The Kier molecular flexibility index (Phi) is 7.84. The van der Waals surface area contributed by atoms with Gasteiger partial charge in [-0.2, -0.15) is 13.2 Å². The van der Waals surface area contributed by atoms with Gasteiger partial charge in [-0.25, -0.2) is 9.97 Å². The lowest BCUT2D eigenvalue weighted by atomic mass is 10.1. The SMILES string of the molecule is CN(CCO)C(=O)C1=Cc2c(ncnc2Nc2ccc(Oc3cccc(C(F)(F)F)c3)c(Cl)c2)NCC1. The van der Waals surface area contributed by atoms with Gasteiger partial charge in [-0.15, -0.1) is 0 Å². The van der Waals surface area contributed by atoms with Crippen molar-refractivity contribution in [2.75, 3.05) is 37.4 Å². The van der Waals surface area contributed by atoms with Crippen molar-refractivity contribution in [3.8, 4) is 11.5 Å². The molecule has 0 atom stereocenters. The normalized spacial score (nSPS) is 13.1. The fourth-order valence-electron chi connectivity index (χ4n) is 3.66. The van der Waals surface area contributed by atoms with Crippen LogP contribution >= 0.6 is 11.6 Å². The van der Waals surface area contributed by atoms with E-state index in [4.69, 9.17) is 21.4 Å². The zero-order valence-electron chi connectivity index (χ0n) is 19.6. The molecule has 0 radical (unpaired) electrons. The van der Waals surface area contributed by atoms with Crippen molar-refractivity contribution in [1.29, 1.82) is 0 Å². The molecule has 37 heavy (non-hydrogen) atoms. The lowest BCUT2D eigenvalue weighted by Gasteiger charge is -2.17.